The summed E-state index contributed by atoms with van der Waals surface area (Å²) in [4.78, 5) is 24.8. The van der Waals surface area contributed by atoms with E-state index in [2.05, 4.69) is 22.8 Å². The van der Waals surface area contributed by atoms with Crippen molar-refractivity contribution >= 4 is 23.4 Å². The van der Waals surface area contributed by atoms with Crippen LogP contribution in [0.1, 0.15) is 42.3 Å². The van der Waals surface area contributed by atoms with Crippen molar-refractivity contribution in [2.75, 3.05) is 10.6 Å². The maximum Gasteiger partial charge on any atom is 0.412 e. The molecule has 0 radical (unpaired) electrons. The van der Waals surface area contributed by atoms with Gasteiger partial charge in [-0.05, 0) is 62.6 Å². The SMILES string of the molecule is CC(C)(C)OC(=O)Nc1cccc(C(=O)Nc2ccccc2Cc2ccccc2)c1. The summed E-state index contributed by atoms with van der Waals surface area (Å²) in [7, 11) is 0. The number of carbonyl (C=O) groups is 2. The molecule has 30 heavy (non-hydrogen) atoms. The number of hydrogen-bond donors (Lipinski definition) is 2. The van der Waals surface area contributed by atoms with Crippen LogP contribution in [0.4, 0.5) is 16.2 Å². The number of anilines is 2. The molecule has 0 spiro atoms. The Hall–Kier alpha value is -3.60. The van der Waals surface area contributed by atoms with Gasteiger partial charge in [-0.15, -0.1) is 0 Å². The third-order valence-corrected chi connectivity index (χ3v) is 4.27. The Morgan fingerprint density at radius 3 is 2.27 bits per heavy atom. The van der Waals surface area contributed by atoms with Crippen LogP contribution in [0.15, 0.2) is 78.9 Å². The van der Waals surface area contributed by atoms with Gasteiger partial charge in [0.25, 0.3) is 5.91 Å². The molecule has 0 bridgehead atoms. The summed E-state index contributed by atoms with van der Waals surface area (Å²) >= 11 is 0. The molecule has 2 N–H and O–H groups in total. The Morgan fingerprint density at radius 2 is 1.53 bits per heavy atom. The van der Waals surface area contributed by atoms with Crippen molar-refractivity contribution in [1.82, 2.24) is 0 Å². The molecular weight excluding hydrogens is 376 g/mol. The molecule has 3 aromatic rings. The summed E-state index contributed by atoms with van der Waals surface area (Å²) in [5.41, 5.74) is 3.30. The largest absolute Gasteiger partial charge is 0.444 e. The van der Waals surface area contributed by atoms with Crippen LogP contribution < -0.4 is 10.6 Å². The molecule has 0 aliphatic rings. The fourth-order valence-corrected chi connectivity index (χ4v) is 2.97. The van der Waals surface area contributed by atoms with Crippen LogP contribution in [0.3, 0.4) is 0 Å². The molecule has 0 fully saturated rings. The van der Waals surface area contributed by atoms with Crippen LogP contribution >= 0.6 is 0 Å². The zero-order chi connectivity index (χ0) is 21.6. The minimum absolute atomic E-state index is 0.247. The van der Waals surface area contributed by atoms with Gasteiger partial charge in [0, 0.05) is 16.9 Å². The van der Waals surface area contributed by atoms with Crippen LogP contribution in [0.2, 0.25) is 0 Å². The molecular formula is C25H26N2O3. The number of para-hydroxylation sites is 1. The average Bonchev–Trinajstić information content (AvgIpc) is 2.69. The van der Waals surface area contributed by atoms with Gasteiger partial charge in [-0.25, -0.2) is 4.79 Å². The molecule has 0 saturated carbocycles. The monoisotopic (exact) mass is 402 g/mol. The van der Waals surface area contributed by atoms with Crippen molar-refractivity contribution in [3.05, 3.63) is 95.6 Å². The van der Waals surface area contributed by atoms with Gasteiger partial charge in [-0.2, -0.15) is 0 Å². The Morgan fingerprint density at radius 1 is 0.833 bits per heavy atom. The minimum Gasteiger partial charge on any atom is -0.444 e. The van der Waals surface area contributed by atoms with E-state index in [-0.39, 0.29) is 5.91 Å². The van der Waals surface area contributed by atoms with E-state index >= 15 is 0 Å². The van der Waals surface area contributed by atoms with Gasteiger partial charge in [0.1, 0.15) is 5.60 Å². The van der Waals surface area contributed by atoms with Crippen molar-refractivity contribution in [2.24, 2.45) is 0 Å². The molecule has 0 heterocycles. The van der Waals surface area contributed by atoms with Crippen molar-refractivity contribution in [1.29, 1.82) is 0 Å². The van der Waals surface area contributed by atoms with Crippen LogP contribution in [0.25, 0.3) is 0 Å². The van der Waals surface area contributed by atoms with E-state index in [1.807, 2.05) is 42.5 Å². The minimum atomic E-state index is -0.596. The molecule has 3 aromatic carbocycles. The summed E-state index contributed by atoms with van der Waals surface area (Å²) in [6, 6.07) is 24.6. The average molecular weight is 402 g/mol. The van der Waals surface area contributed by atoms with E-state index in [0.717, 1.165) is 17.7 Å². The molecule has 0 aromatic heterocycles. The second kappa shape index (κ2) is 9.27. The highest BCUT2D eigenvalue weighted by Gasteiger charge is 2.17. The number of benzene rings is 3. The first kappa shape index (κ1) is 21.1. The maximum absolute atomic E-state index is 12.8. The first-order chi connectivity index (χ1) is 14.3. The van der Waals surface area contributed by atoms with Crippen LogP contribution in [-0.2, 0) is 11.2 Å². The predicted molar refractivity (Wildman–Crippen MR) is 120 cm³/mol. The fraction of sp³-hybridized carbons (Fsp3) is 0.200. The van der Waals surface area contributed by atoms with E-state index in [4.69, 9.17) is 4.74 Å². The summed E-state index contributed by atoms with van der Waals surface area (Å²) in [5, 5.41) is 5.64. The zero-order valence-corrected chi connectivity index (χ0v) is 17.4. The molecule has 5 heteroatoms. The lowest BCUT2D eigenvalue weighted by molar-refractivity contribution is 0.0635. The first-order valence-corrected chi connectivity index (χ1v) is 9.83. The topological polar surface area (TPSA) is 67.4 Å². The first-order valence-electron chi connectivity index (χ1n) is 9.83. The van der Waals surface area contributed by atoms with Gasteiger partial charge in [0.15, 0.2) is 0 Å². The quantitative estimate of drug-likeness (QED) is 0.560. The molecule has 3 rings (SSSR count). The van der Waals surface area contributed by atoms with Crippen molar-refractivity contribution in [2.45, 2.75) is 32.8 Å². The second-order valence-corrected chi connectivity index (χ2v) is 7.98. The lowest BCUT2D eigenvalue weighted by Gasteiger charge is -2.19. The van der Waals surface area contributed by atoms with E-state index in [1.54, 1.807) is 45.0 Å². The fourth-order valence-electron chi connectivity index (χ4n) is 2.97. The summed E-state index contributed by atoms with van der Waals surface area (Å²) in [6.45, 7) is 5.38. The Kier molecular flexibility index (Phi) is 6.52. The van der Waals surface area contributed by atoms with Crippen molar-refractivity contribution in [3.63, 3.8) is 0 Å². The van der Waals surface area contributed by atoms with E-state index in [9.17, 15) is 9.59 Å². The zero-order valence-electron chi connectivity index (χ0n) is 17.4. The van der Waals surface area contributed by atoms with Gasteiger partial charge in [-0.3, -0.25) is 10.1 Å². The summed E-state index contributed by atoms with van der Waals surface area (Å²) in [6.07, 6.45) is 0.158. The predicted octanol–water partition coefficient (Wildman–Crippen LogP) is 5.88. The third-order valence-electron chi connectivity index (χ3n) is 4.27. The molecule has 0 atom stereocenters. The third kappa shape index (κ3) is 6.21. The molecule has 0 saturated heterocycles. The highest BCUT2D eigenvalue weighted by molar-refractivity contribution is 6.05. The summed E-state index contributed by atoms with van der Waals surface area (Å²) in [5.74, 6) is -0.247. The lowest BCUT2D eigenvalue weighted by Crippen LogP contribution is -2.27. The highest BCUT2D eigenvalue weighted by Crippen LogP contribution is 2.21. The highest BCUT2D eigenvalue weighted by atomic mass is 16.6. The van der Waals surface area contributed by atoms with Crippen LogP contribution in [-0.4, -0.2) is 17.6 Å². The molecule has 0 unspecified atom stereocenters. The second-order valence-electron chi connectivity index (χ2n) is 7.98. The molecule has 5 nitrogen and oxygen atoms in total. The molecule has 0 aliphatic heterocycles. The number of amides is 2. The Balaban J connectivity index is 1.72. The lowest BCUT2D eigenvalue weighted by atomic mass is 10.0. The van der Waals surface area contributed by atoms with Gasteiger partial charge in [0.2, 0.25) is 0 Å². The molecule has 154 valence electrons. The maximum atomic E-state index is 12.8. The Labute approximate surface area is 177 Å². The number of nitrogens with one attached hydrogen (secondary N) is 2. The number of carbonyl (C=O) groups excluding carboxylic acids is 2. The van der Waals surface area contributed by atoms with Gasteiger partial charge < -0.3 is 10.1 Å². The molecule has 2 amide bonds. The summed E-state index contributed by atoms with van der Waals surface area (Å²) < 4.78 is 5.26. The van der Waals surface area contributed by atoms with Gasteiger partial charge >= 0.3 is 6.09 Å². The normalized spacial score (nSPS) is 10.9. The number of rotatable bonds is 5. The van der Waals surface area contributed by atoms with Gasteiger partial charge in [0.05, 0.1) is 0 Å². The van der Waals surface area contributed by atoms with Crippen molar-refractivity contribution < 1.29 is 14.3 Å². The van der Waals surface area contributed by atoms with E-state index < -0.39 is 11.7 Å². The van der Waals surface area contributed by atoms with Crippen molar-refractivity contribution in [3.8, 4) is 0 Å². The molecule has 0 aliphatic carbocycles. The number of ether oxygens (including phenoxy) is 1. The van der Waals surface area contributed by atoms with E-state index in [0.29, 0.717) is 11.3 Å². The number of hydrogen-bond acceptors (Lipinski definition) is 3. The smallest absolute Gasteiger partial charge is 0.412 e. The van der Waals surface area contributed by atoms with E-state index in [1.165, 1.54) is 5.56 Å². The Bertz CT molecular complexity index is 1020. The van der Waals surface area contributed by atoms with Gasteiger partial charge in [-0.1, -0.05) is 54.6 Å². The van der Waals surface area contributed by atoms with Crippen LogP contribution in [0, 0.1) is 0 Å². The standard InChI is InChI=1S/C25H26N2O3/c1-25(2,3)30-24(29)26-21-14-9-13-20(17-21)23(28)27-22-15-8-7-12-19(22)16-18-10-5-4-6-11-18/h4-15,17H,16H2,1-3H3,(H,26,29)(H,27,28). The van der Waals surface area contributed by atoms with Crippen LogP contribution in [0.5, 0.6) is 0 Å².